The summed E-state index contributed by atoms with van der Waals surface area (Å²) >= 11 is 0. The van der Waals surface area contributed by atoms with Gasteiger partial charge in [-0.15, -0.1) is 0 Å². The van der Waals surface area contributed by atoms with Crippen LogP contribution in [0.5, 0.6) is 11.5 Å². The summed E-state index contributed by atoms with van der Waals surface area (Å²) in [5.74, 6) is 1.07. The highest BCUT2D eigenvalue weighted by molar-refractivity contribution is 5.96. The topological polar surface area (TPSA) is 90.9 Å². The molecule has 0 spiro atoms. The molecule has 0 bridgehead atoms. The van der Waals surface area contributed by atoms with Crippen molar-refractivity contribution in [1.82, 2.24) is 0 Å². The second-order valence-electron chi connectivity index (χ2n) is 7.66. The summed E-state index contributed by atoms with van der Waals surface area (Å²) in [5.41, 5.74) is 3.69. The predicted octanol–water partition coefficient (Wildman–Crippen LogP) is 4.50. The van der Waals surface area contributed by atoms with Crippen LogP contribution in [-0.4, -0.2) is 19.1 Å². The number of aryl methyl sites for hydroxylation is 2. The summed E-state index contributed by atoms with van der Waals surface area (Å²) in [7, 11) is 0. The number of furan rings is 1. The van der Waals surface area contributed by atoms with Crippen molar-refractivity contribution in [2.75, 3.05) is 18.5 Å². The zero-order chi connectivity index (χ0) is 21.5. The summed E-state index contributed by atoms with van der Waals surface area (Å²) in [6, 6.07) is 8.98. The maximum absolute atomic E-state index is 12.6. The van der Waals surface area contributed by atoms with Gasteiger partial charge in [0.2, 0.25) is 5.91 Å². The van der Waals surface area contributed by atoms with E-state index >= 15 is 0 Å². The van der Waals surface area contributed by atoms with Crippen LogP contribution in [0.15, 0.2) is 50.2 Å². The van der Waals surface area contributed by atoms with Crippen LogP contribution in [0.3, 0.4) is 0 Å². The number of benzene rings is 2. The Bertz CT molecular complexity index is 1380. The van der Waals surface area contributed by atoms with Crippen LogP contribution < -0.4 is 20.4 Å². The molecule has 158 valence electrons. The highest BCUT2D eigenvalue weighted by atomic mass is 16.6. The summed E-state index contributed by atoms with van der Waals surface area (Å²) in [6.07, 6.45) is 2.11. The third-order valence-electron chi connectivity index (χ3n) is 5.60. The van der Waals surface area contributed by atoms with Crippen LogP contribution in [0.4, 0.5) is 5.69 Å². The van der Waals surface area contributed by atoms with Crippen molar-refractivity contribution >= 4 is 33.5 Å². The zero-order valence-electron chi connectivity index (χ0n) is 17.2. The van der Waals surface area contributed by atoms with Gasteiger partial charge in [0, 0.05) is 40.6 Å². The zero-order valence-corrected chi connectivity index (χ0v) is 17.2. The average Bonchev–Trinajstić information content (AvgIpc) is 3.12. The number of ether oxygens (including phenoxy) is 2. The van der Waals surface area contributed by atoms with E-state index in [1.165, 1.54) is 0 Å². The molecular weight excluding hydrogens is 398 g/mol. The van der Waals surface area contributed by atoms with Gasteiger partial charge < -0.3 is 23.6 Å². The summed E-state index contributed by atoms with van der Waals surface area (Å²) in [6.45, 7) is 4.84. The van der Waals surface area contributed by atoms with Gasteiger partial charge in [-0.2, -0.15) is 0 Å². The first-order chi connectivity index (χ1) is 15.0. The number of rotatable bonds is 4. The van der Waals surface area contributed by atoms with E-state index in [2.05, 4.69) is 5.32 Å². The number of nitrogens with one attached hydrogen (secondary N) is 1. The third kappa shape index (κ3) is 3.52. The Morgan fingerprint density at radius 2 is 1.81 bits per heavy atom. The number of carbonyl (C=O) groups excluding carboxylic acids is 1. The number of amides is 1. The van der Waals surface area contributed by atoms with Crippen LogP contribution in [0, 0.1) is 13.8 Å². The van der Waals surface area contributed by atoms with Crippen molar-refractivity contribution in [3.8, 4) is 11.5 Å². The highest BCUT2D eigenvalue weighted by Crippen LogP contribution is 2.33. The molecule has 0 saturated carbocycles. The molecule has 5 rings (SSSR count). The number of fused-ring (bicyclic) bond motifs is 3. The van der Waals surface area contributed by atoms with E-state index in [0.29, 0.717) is 47.1 Å². The second-order valence-corrected chi connectivity index (χ2v) is 7.66. The number of carbonyl (C=O) groups is 1. The van der Waals surface area contributed by atoms with Gasteiger partial charge >= 0.3 is 5.63 Å². The highest BCUT2D eigenvalue weighted by Gasteiger charge is 2.16. The summed E-state index contributed by atoms with van der Waals surface area (Å²) < 4.78 is 22.1. The van der Waals surface area contributed by atoms with E-state index in [4.69, 9.17) is 18.3 Å². The molecule has 4 aromatic rings. The lowest BCUT2D eigenvalue weighted by Crippen LogP contribution is -2.18. The Morgan fingerprint density at radius 3 is 2.65 bits per heavy atom. The van der Waals surface area contributed by atoms with E-state index in [9.17, 15) is 9.59 Å². The molecule has 0 fully saturated rings. The van der Waals surface area contributed by atoms with Gasteiger partial charge in [-0.05, 0) is 49.6 Å². The molecule has 1 N–H and O–H groups in total. The van der Waals surface area contributed by atoms with Gasteiger partial charge in [0.15, 0.2) is 11.5 Å². The second kappa shape index (κ2) is 7.50. The van der Waals surface area contributed by atoms with E-state index < -0.39 is 5.63 Å². The van der Waals surface area contributed by atoms with Crippen molar-refractivity contribution in [3.63, 3.8) is 0 Å². The quantitative estimate of drug-likeness (QED) is 0.490. The molecule has 2 aromatic carbocycles. The Labute approximate surface area is 177 Å². The summed E-state index contributed by atoms with van der Waals surface area (Å²) in [4.78, 5) is 25.1. The largest absolute Gasteiger partial charge is 0.486 e. The Hall–Kier alpha value is -3.74. The van der Waals surface area contributed by atoms with E-state index in [0.717, 1.165) is 21.9 Å². The minimum atomic E-state index is -0.431. The summed E-state index contributed by atoms with van der Waals surface area (Å²) in [5, 5.41) is 4.67. The Balaban J connectivity index is 1.36. The predicted molar refractivity (Wildman–Crippen MR) is 116 cm³/mol. The Morgan fingerprint density at radius 1 is 1.00 bits per heavy atom. The number of hydrogen-bond acceptors (Lipinski definition) is 6. The molecule has 1 amide bonds. The third-order valence-corrected chi connectivity index (χ3v) is 5.60. The number of hydrogen-bond donors (Lipinski definition) is 1. The SMILES string of the molecule is Cc1coc2cc3oc(=O)c(CCC(=O)Nc4ccc5c(c4)OCCO5)c(C)c3cc12. The van der Waals surface area contributed by atoms with Crippen LogP contribution in [0.25, 0.3) is 21.9 Å². The molecule has 1 aliphatic heterocycles. The van der Waals surface area contributed by atoms with Gasteiger partial charge in [-0.3, -0.25) is 4.79 Å². The van der Waals surface area contributed by atoms with Gasteiger partial charge in [0.25, 0.3) is 0 Å². The Kier molecular flexibility index (Phi) is 4.66. The molecule has 31 heavy (non-hydrogen) atoms. The maximum atomic E-state index is 12.6. The van der Waals surface area contributed by atoms with E-state index in [1.54, 1.807) is 30.5 Å². The van der Waals surface area contributed by atoms with E-state index in [-0.39, 0.29) is 18.7 Å². The fraction of sp³-hybridized carbons (Fsp3) is 0.250. The first kappa shape index (κ1) is 19.2. The minimum absolute atomic E-state index is 0.151. The molecule has 0 saturated heterocycles. The fourth-order valence-electron chi connectivity index (χ4n) is 3.91. The standard InChI is InChI=1S/C24H21NO6/c1-13-12-30-20-11-21-18(10-17(13)20)14(2)16(24(27)31-21)4-6-23(26)25-15-3-5-19-22(9-15)29-8-7-28-19/h3,5,9-12H,4,6-8H2,1-2H3,(H,25,26). The average molecular weight is 419 g/mol. The fourth-order valence-corrected chi connectivity index (χ4v) is 3.91. The van der Waals surface area contributed by atoms with Crippen LogP contribution in [0.1, 0.15) is 23.1 Å². The molecule has 7 nitrogen and oxygen atoms in total. The molecule has 0 radical (unpaired) electrons. The van der Waals surface area contributed by atoms with Crippen LogP contribution >= 0.6 is 0 Å². The van der Waals surface area contributed by atoms with Gasteiger partial charge in [0.05, 0.1) is 6.26 Å². The monoisotopic (exact) mass is 419 g/mol. The van der Waals surface area contributed by atoms with Crippen molar-refractivity contribution in [1.29, 1.82) is 0 Å². The number of anilines is 1. The molecule has 1 aliphatic rings. The van der Waals surface area contributed by atoms with Crippen molar-refractivity contribution in [2.45, 2.75) is 26.7 Å². The smallest absolute Gasteiger partial charge is 0.339 e. The van der Waals surface area contributed by atoms with Crippen LogP contribution in [0.2, 0.25) is 0 Å². The van der Waals surface area contributed by atoms with E-state index in [1.807, 2.05) is 19.9 Å². The minimum Gasteiger partial charge on any atom is -0.486 e. The van der Waals surface area contributed by atoms with Crippen molar-refractivity contribution < 1.29 is 23.1 Å². The molecule has 7 heteroatoms. The first-order valence-electron chi connectivity index (χ1n) is 10.1. The molecule has 3 heterocycles. The molecule has 0 unspecified atom stereocenters. The molecule has 2 aromatic heterocycles. The normalized spacial score (nSPS) is 13.0. The van der Waals surface area contributed by atoms with Gasteiger partial charge in [-0.25, -0.2) is 4.79 Å². The lowest BCUT2D eigenvalue weighted by atomic mass is 10.0. The maximum Gasteiger partial charge on any atom is 0.339 e. The van der Waals surface area contributed by atoms with Crippen LogP contribution in [-0.2, 0) is 11.2 Å². The lowest BCUT2D eigenvalue weighted by Gasteiger charge is -2.19. The van der Waals surface area contributed by atoms with Gasteiger partial charge in [-0.1, -0.05) is 0 Å². The lowest BCUT2D eigenvalue weighted by molar-refractivity contribution is -0.116. The first-order valence-corrected chi connectivity index (χ1v) is 10.1. The molecular formula is C24H21NO6. The molecule has 0 aliphatic carbocycles. The van der Waals surface area contributed by atoms with Crippen molar-refractivity contribution in [2.24, 2.45) is 0 Å². The van der Waals surface area contributed by atoms with Crippen molar-refractivity contribution in [3.05, 3.63) is 63.7 Å². The molecule has 0 atom stereocenters. The van der Waals surface area contributed by atoms with Gasteiger partial charge in [0.1, 0.15) is 24.4 Å².